The van der Waals surface area contributed by atoms with Crippen LogP contribution in [-0.2, 0) is 9.53 Å². The Morgan fingerprint density at radius 1 is 1.33 bits per heavy atom. The zero-order valence-corrected chi connectivity index (χ0v) is 12.8. The third-order valence-corrected chi connectivity index (χ3v) is 3.60. The SMILES string of the molecule is CCOC(=O)c1cc2ccc(C=CCSC(C)=O)cc2[nH]1. The van der Waals surface area contributed by atoms with Crippen LogP contribution in [0.4, 0.5) is 0 Å². The molecule has 0 aliphatic heterocycles. The number of carbonyl (C=O) groups excluding carboxylic acids is 2. The lowest BCUT2D eigenvalue weighted by Gasteiger charge is -1.97. The van der Waals surface area contributed by atoms with Gasteiger partial charge in [0.2, 0.25) is 0 Å². The number of rotatable bonds is 5. The second kappa shape index (κ2) is 7.13. The Kier molecular flexibility index (Phi) is 5.22. The van der Waals surface area contributed by atoms with Gasteiger partial charge in [0.05, 0.1) is 6.61 Å². The van der Waals surface area contributed by atoms with E-state index in [-0.39, 0.29) is 11.1 Å². The van der Waals surface area contributed by atoms with E-state index < -0.39 is 0 Å². The van der Waals surface area contributed by atoms with E-state index in [9.17, 15) is 9.59 Å². The van der Waals surface area contributed by atoms with Gasteiger partial charge in [-0.2, -0.15) is 0 Å². The summed E-state index contributed by atoms with van der Waals surface area (Å²) in [5, 5.41) is 1.08. The molecule has 0 atom stereocenters. The lowest BCUT2D eigenvalue weighted by Crippen LogP contribution is -2.04. The van der Waals surface area contributed by atoms with Crippen LogP contribution in [0.5, 0.6) is 0 Å². The topological polar surface area (TPSA) is 59.2 Å². The number of hydrogen-bond donors (Lipinski definition) is 1. The fraction of sp³-hybridized carbons (Fsp3) is 0.250. The second-order valence-electron chi connectivity index (χ2n) is 4.46. The first-order valence-corrected chi connectivity index (χ1v) is 7.68. The van der Waals surface area contributed by atoms with Gasteiger partial charge in [-0.15, -0.1) is 0 Å². The van der Waals surface area contributed by atoms with Gasteiger partial charge in [0.1, 0.15) is 5.69 Å². The van der Waals surface area contributed by atoms with Crippen molar-refractivity contribution in [1.82, 2.24) is 4.98 Å². The van der Waals surface area contributed by atoms with Crippen molar-refractivity contribution in [2.45, 2.75) is 13.8 Å². The van der Waals surface area contributed by atoms with Gasteiger partial charge < -0.3 is 9.72 Å². The number of carbonyl (C=O) groups is 2. The van der Waals surface area contributed by atoms with Gasteiger partial charge in [0.25, 0.3) is 0 Å². The smallest absolute Gasteiger partial charge is 0.354 e. The number of hydrogen-bond acceptors (Lipinski definition) is 4. The molecule has 1 aromatic carbocycles. The van der Waals surface area contributed by atoms with Crippen molar-refractivity contribution in [3.8, 4) is 0 Å². The molecule has 0 amide bonds. The van der Waals surface area contributed by atoms with Crippen LogP contribution in [0.25, 0.3) is 17.0 Å². The van der Waals surface area contributed by atoms with Crippen LogP contribution in [0.15, 0.2) is 30.3 Å². The lowest BCUT2D eigenvalue weighted by atomic mass is 10.1. The molecule has 2 aromatic rings. The van der Waals surface area contributed by atoms with E-state index in [4.69, 9.17) is 4.74 Å². The Hall–Kier alpha value is -2.01. The zero-order chi connectivity index (χ0) is 15.2. The molecule has 2 rings (SSSR count). The molecule has 0 aliphatic carbocycles. The first-order valence-electron chi connectivity index (χ1n) is 6.70. The zero-order valence-electron chi connectivity index (χ0n) is 12.0. The van der Waals surface area contributed by atoms with E-state index in [1.54, 1.807) is 19.9 Å². The maximum Gasteiger partial charge on any atom is 0.354 e. The summed E-state index contributed by atoms with van der Waals surface area (Å²) in [4.78, 5) is 25.6. The standard InChI is InChI=1S/C16H17NO3S/c1-3-20-16(19)15-10-13-7-6-12(9-14(13)17-15)5-4-8-21-11(2)18/h4-7,9-10,17H,3,8H2,1-2H3. The molecule has 0 unspecified atom stereocenters. The molecular formula is C16H17NO3S. The first kappa shape index (κ1) is 15.4. The number of aromatic amines is 1. The lowest BCUT2D eigenvalue weighted by molar-refractivity contribution is -0.109. The van der Waals surface area contributed by atoms with Gasteiger partial charge in [-0.1, -0.05) is 36.0 Å². The Balaban J connectivity index is 2.14. The minimum Gasteiger partial charge on any atom is -0.461 e. The van der Waals surface area contributed by atoms with Crippen LogP contribution in [0.1, 0.15) is 29.9 Å². The molecular weight excluding hydrogens is 286 g/mol. The maximum absolute atomic E-state index is 11.7. The largest absolute Gasteiger partial charge is 0.461 e. The molecule has 0 fully saturated rings. The van der Waals surface area contributed by atoms with Gasteiger partial charge >= 0.3 is 5.97 Å². The Labute approximate surface area is 127 Å². The van der Waals surface area contributed by atoms with E-state index in [0.717, 1.165) is 16.5 Å². The van der Waals surface area contributed by atoms with Crippen LogP contribution in [-0.4, -0.2) is 28.4 Å². The summed E-state index contributed by atoms with van der Waals surface area (Å²) in [7, 11) is 0. The summed E-state index contributed by atoms with van der Waals surface area (Å²) in [5.74, 6) is 0.315. The molecule has 0 aliphatic rings. The third kappa shape index (κ3) is 4.23. The quantitative estimate of drug-likeness (QED) is 0.857. The van der Waals surface area contributed by atoms with Gasteiger partial charge in [-0.05, 0) is 24.6 Å². The predicted molar refractivity (Wildman–Crippen MR) is 86.4 cm³/mol. The summed E-state index contributed by atoms with van der Waals surface area (Å²) in [6.07, 6.45) is 3.91. The van der Waals surface area contributed by atoms with Crippen molar-refractivity contribution in [1.29, 1.82) is 0 Å². The minimum absolute atomic E-state index is 0.110. The molecule has 0 bridgehead atoms. The molecule has 0 saturated carbocycles. The molecule has 5 heteroatoms. The summed E-state index contributed by atoms with van der Waals surface area (Å²) in [6, 6.07) is 7.67. The van der Waals surface area contributed by atoms with Crippen molar-refractivity contribution in [3.05, 3.63) is 41.6 Å². The number of esters is 1. The Morgan fingerprint density at radius 3 is 2.86 bits per heavy atom. The van der Waals surface area contributed by atoms with E-state index in [1.165, 1.54) is 11.8 Å². The number of thioether (sulfide) groups is 1. The minimum atomic E-state index is -0.344. The van der Waals surface area contributed by atoms with Gasteiger partial charge in [0, 0.05) is 23.6 Å². The van der Waals surface area contributed by atoms with E-state index in [1.807, 2.05) is 30.4 Å². The van der Waals surface area contributed by atoms with Crippen LogP contribution in [0.2, 0.25) is 0 Å². The van der Waals surface area contributed by atoms with Gasteiger partial charge in [-0.25, -0.2) is 4.79 Å². The summed E-state index contributed by atoms with van der Waals surface area (Å²) in [5.41, 5.74) is 2.36. The molecule has 0 saturated heterocycles. The number of aromatic nitrogens is 1. The van der Waals surface area contributed by atoms with Crippen molar-refractivity contribution in [3.63, 3.8) is 0 Å². The van der Waals surface area contributed by atoms with Crippen molar-refractivity contribution in [2.24, 2.45) is 0 Å². The van der Waals surface area contributed by atoms with Crippen molar-refractivity contribution in [2.75, 3.05) is 12.4 Å². The molecule has 1 aromatic heterocycles. The summed E-state index contributed by atoms with van der Waals surface area (Å²) < 4.78 is 4.97. The van der Waals surface area contributed by atoms with Crippen LogP contribution in [0.3, 0.4) is 0 Å². The van der Waals surface area contributed by atoms with E-state index in [0.29, 0.717) is 18.1 Å². The maximum atomic E-state index is 11.7. The van der Waals surface area contributed by atoms with Gasteiger partial charge in [-0.3, -0.25) is 4.79 Å². The highest BCUT2D eigenvalue weighted by Gasteiger charge is 2.09. The predicted octanol–water partition coefficient (Wildman–Crippen LogP) is 3.64. The molecule has 0 spiro atoms. The van der Waals surface area contributed by atoms with Crippen molar-refractivity contribution >= 4 is 39.8 Å². The molecule has 21 heavy (non-hydrogen) atoms. The highest BCUT2D eigenvalue weighted by molar-refractivity contribution is 8.13. The Bertz CT molecular complexity index is 688. The van der Waals surface area contributed by atoms with E-state index >= 15 is 0 Å². The molecule has 4 nitrogen and oxygen atoms in total. The fourth-order valence-corrected chi connectivity index (χ4v) is 2.34. The molecule has 1 N–H and O–H groups in total. The summed E-state index contributed by atoms with van der Waals surface area (Å²) in [6.45, 7) is 3.69. The highest BCUT2D eigenvalue weighted by Crippen LogP contribution is 2.19. The average Bonchev–Trinajstić information content (AvgIpc) is 2.87. The third-order valence-electron chi connectivity index (χ3n) is 2.83. The van der Waals surface area contributed by atoms with Gasteiger partial charge in [0.15, 0.2) is 5.12 Å². The van der Waals surface area contributed by atoms with Crippen LogP contribution in [0, 0.1) is 0 Å². The van der Waals surface area contributed by atoms with Crippen LogP contribution >= 0.6 is 11.8 Å². The number of fused-ring (bicyclic) bond motifs is 1. The number of nitrogens with one attached hydrogen (secondary N) is 1. The number of ether oxygens (including phenoxy) is 1. The first-order chi connectivity index (χ1) is 10.1. The van der Waals surface area contributed by atoms with Crippen LogP contribution < -0.4 is 0 Å². The van der Waals surface area contributed by atoms with Crippen molar-refractivity contribution < 1.29 is 14.3 Å². The molecule has 1 heterocycles. The fourth-order valence-electron chi connectivity index (χ4n) is 1.92. The molecule has 110 valence electrons. The number of benzene rings is 1. The van der Waals surface area contributed by atoms with E-state index in [2.05, 4.69) is 4.98 Å². The normalized spacial score (nSPS) is 11.1. The second-order valence-corrected chi connectivity index (χ2v) is 5.65. The molecule has 0 radical (unpaired) electrons. The number of H-pyrrole nitrogens is 1. The Morgan fingerprint density at radius 2 is 2.14 bits per heavy atom. The highest BCUT2D eigenvalue weighted by atomic mass is 32.2. The monoisotopic (exact) mass is 303 g/mol. The average molecular weight is 303 g/mol. The summed E-state index contributed by atoms with van der Waals surface area (Å²) >= 11 is 1.27.